The van der Waals surface area contributed by atoms with E-state index in [1.807, 2.05) is 39.0 Å². The van der Waals surface area contributed by atoms with Crippen molar-refractivity contribution in [1.29, 1.82) is 0 Å². The van der Waals surface area contributed by atoms with Crippen LogP contribution in [-0.4, -0.2) is 21.4 Å². The molecule has 0 aliphatic rings. The first kappa shape index (κ1) is 22.6. The Hall–Kier alpha value is -3.12. The van der Waals surface area contributed by atoms with Gasteiger partial charge in [0, 0.05) is 12.6 Å². The van der Waals surface area contributed by atoms with E-state index >= 15 is 0 Å². The van der Waals surface area contributed by atoms with Crippen molar-refractivity contribution in [2.45, 2.75) is 38.1 Å². The first-order valence-corrected chi connectivity index (χ1v) is 11.7. The summed E-state index contributed by atoms with van der Waals surface area (Å²) < 4.78 is 27.4. The van der Waals surface area contributed by atoms with Crippen LogP contribution in [0.4, 0.5) is 5.69 Å². The van der Waals surface area contributed by atoms with Gasteiger partial charge in [-0.3, -0.25) is 9.10 Å². The van der Waals surface area contributed by atoms with Gasteiger partial charge in [0.2, 0.25) is 0 Å². The smallest absolute Gasteiger partial charge is 0.264 e. The van der Waals surface area contributed by atoms with Crippen LogP contribution in [0.2, 0.25) is 0 Å². The highest BCUT2D eigenvalue weighted by molar-refractivity contribution is 7.92. The standard InChI is InChI=1S/C25H28N2O3S/c1-5-24(23-15-14-18(2)16-19(23)3)26-25(28)20-10-9-13-22(17-20)31(29,30)27(4)21-11-7-6-8-12-21/h6-17,24H,5H2,1-4H3,(H,26,28). The number of para-hydroxylation sites is 1. The summed E-state index contributed by atoms with van der Waals surface area (Å²) in [6.45, 7) is 6.08. The van der Waals surface area contributed by atoms with E-state index in [-0.39, 0.29) is 16.8 Å². The summed E-state index contributed by atoms with van der Waals surface area (Å²) in [4.78, 5) is 13.0. The lowest BCUT2D eigenvalue weighted by molar-refractivity contribution is 0.0935. The maximum atomic E-state index is 13.1. The van der Waals surface area contributed by atoms with Crippen molar-refractivity contribution in [3.63, 3.8) is 0 Å². The SMILES string of the molecule is CCC(NC(=O)c1cccc(S(=O)(=O)N(C)c2ccccc2)c1)c1ccc(C)cc1C. The van der Waals surface area contributed by atoms with Gasteiger partial charge >= 0.3 is 0 Å². The van der Waals surface area contributed by atoms with Gasteiger partial charge in [-0.15, -0.1) is 0 Å². The number of nitrogens with zero attached hydrogens (tertiary/aromatic N) is 1. The molecule has 0 radical (unpaired) electrons. The molecular formula is C25H28N2O3S. The Kier molecular flexibility index (Phi) is 6.81. The van der Waals surface area contributed by atoms with Crippen LogP contribution < -0.4 is 9.62 Å². The van der Waals surface area contributed by atoms with Gasteiger partial charge in [0.25, 0.3) is 15.9 Å². The molecule has 6 heteroatoms. The number of rotatable bonds is 7. The molecule has 0 heterocycles. The molecular weight excluding hydrogens is 408 g/mol. The van der Waals surface area contributed by atoms with Crippen LogP contribution in [0.3, 0.4) is 0 Å². The van der Waals surface area contributed by atoms with Crippen molar-refractivity contribution >= 4 is 21.6 Å². The molecule has 162 valence electrons. The van der Waals surface area contributed by atoms with Gasteiger partial charge in [-0.2, -0.15) is 0 Å². The van der Waals surface area contributed by atoms with Crippen LogP contribution >= 0.6 is 0 Å². The first-order chi connectivity index (χ1) is 14.7. The van der Waals surface area contributed by atoms with E-state index in [1.54, 1.807) is 36.4 Å². The highest BCUT2D eigenvalue weighted by Crippen LogP contribution is 2.24. The second-order valence-corrected chi connectivity index (χ2v) is 9.60. The minimum atomic E-state index is -3.79. The summed E-state index contributed by atoms with van der Waals surface area (Å²) in [5.41, 5.74) is 4.22. The van der Waals surface area contributed by atoms with Crippen molar-refractivity contribution in [2.24, 2.45) is 0 Å². The number of hydrogen-bond donors (Lipinski definition) is 1. The van der Waals surface area contributed by atoms with E-state index in [0.29, 0.717) is 11.3 Å². The van der Waals surface area contributed by atoms with E-state index in [4.69, 9.17) is 0 Å². The summed E-state index contributed by atoms with van der Waals surface area (Å²) in [7, 11) is -2.29. The number of sulfonamides is 1. The molecule has 5 nitrogen and oxygen atoms in total. The van der Waals surface area contributed by atoms with Crippen LogP contribution in [0.1, 0.15) is 46.4 Å². The third kappa shape index (κ3) is 4.97. The third-order valence-corrected chi connectivity index (χ3v) is 7.17. The highest BCUT2D eigenvalue weighted by Gasteiger charge is 2.23. The van der Waals surface area contributed by atoms with Crippen molar-refractivity contribution in [3.05, 3.63) is 95.1 Å². The minimum Gasteiger partial charge on any atom is -0.345 e. The van der Waals surface area contributed by atoms with E-state index in [9.17, 15) is 13.2 Å². The maximum Gasteiger partial charge on any atom is 0.264 e. The lowest BCUT2D eigenvalue weighted by Crippen LogP contribution is -2.29. The summed E-state index contributed by atoms with van der Waals surface area (Å²) in [6, 6.07) is 21.0. The van der Waals surface area contributed by atoms with Gasteiger partial charge in [-0.1, -0.05) is 55.0 Å². The Morgan fingerprint density at radius 2 is 1.68 bits per heavy atom. The van der Waals surface area contributed by atoms with Gasteiger partial charge in [-0.05, 0) is 61.7 Å². The average molecular weight is 437 g/mol. The number of carbonyl (C=O) groups excluding carboxylic acids is 1. The predicted octanol–water partition coefficient (Wildman–Crippen LogP) is 5.01. The summed E-state index contributed by atoms with van der Waals surface area (Å²) in [5, 5.41) is 3.05. The Balaban J connectivity index is 1.85. The number of hydrogen-bond acceptors (Lipinski definition) is 3. The number of amides is 1. The van der Waals surface area contributed by atoms with Crippen LogP contribution in [0.25, 0.3) is 0 Å². The minimum absolute atomic E-state index is 0.0751. The molecule has 0 spiro atoms. The molecule has 0 saturated carbocycles. The molecule has 3 aromatic rings. The molecule has 3 rings (SSSR count). The lowest BCUT2D eigenvalue weighted by Gasteiger charge is -2.21. The lowest BCUT2D eigenvalue weighted by atomic mass is 9.97. The molecule has 1 unspecified atom stereocenters. The molecule has 0 aromatic heterocycles. The van der Waals surface area contributed by atoms with E-state index in [1.165, 1.54) is 29.0 Å². The van der Waals surface area contributed by atoms with Crippen molar-refractivity contribution in [2.75, 3.05) is 11.4 Å². The van der Waals surface area contributed by atoms with Gasteiger partial charge in [0.05, 0.1) is 16.6 Å². The molecule has 3 aromatic carbocycles. The van der Waals surface area contributed by atoms with Crippen molar-refractivity contribution in [3.8, 4) is 0 Å². The zero-order valence-electron chi connectivity index (χ0n) is 18.3. The van der Waals surface area contributed by atoms with E-state index < -0.39 is 10.0 Å². The van der Waals surface area contributed by atoms with Crippen molar-refractivity contribution < 1.29 is 13.2 Å². The Bertz CT molecular complexity index is 1170. The molecule has 0 fully saturated rings. The number of anilines is 1. The van der Waals surface area contributed by atoms with E-state index in [2.05, 4.69) is 11.4 Å². The normalized spacial score (nSPS) is 12.3. The van der Waals surface area contributed by atoms with Crippen LogP contribution in [0.5, 0.6) is 0 Å². The van der Waals surface area contributed by atoms with Gasteiger partial charge in [0.15, 0.2) is 0 Å². The van der Waals surface area contributed by atoms with Crippen molar-refractivity contribution in [1.82, 2.24) is 5.32 Å². The third-order valence-electron chi connectivity index (χ3n) is 5.39. The Morgan fingerprint density at radius 3 is 2.32 bits per heavy atom. The first-order valence-electron chi connectivity index (χ1n) is 10.3. The quantitative estimate of drug-likeness (QED) is 0.566. The second kappa shape index (κ2) is 9.35. The number of benzene rings is 3. The largest absolute Gasteiger partial charge is 0.345 e. The molecule has 0 aliphatic heterocycles. The molecule has 0 bridgehead atoms. The van der Waals surface area contributed by atoms with Gasteiger partial charge < -0.3 is 5.32 Å². The topological polar surface area (TPSA) is 66.5 Å². The van der Waals surface area contributed by atoms with Crippen LogP contribution in [0.15, 0.2) is 77.7 Å². The number of aryl methyl sites for hydroxylation is 2. The van der Waals surface area contributed by atoms with E-state index in [0.717, 1.165) is 17.5 Å². The zero-order chi connectivity index (χ0) is 22.6. The molecule has 1 amide bonds. The molecule has 0 saturated heterocycles. The van der Waals surface area contributed by atoms with Gasteiger partial charge in [0.1, 0.15) is 0 Å². The number of carbonyl (C=O) groups is 1. The molecule has 1 atom stereocenters. The molecule has 1 N–H and O–H groups in total. The second-order valence-electron chi connectivity index (χ2n) is 7.63. The molecule has 31 heavy (non-hydrogen) atoms. The van der Waals surface area contributed by atoms with Gasteiger partial charge in [-0.25, -0.2) is 8.42 Å². The Labute approximate surface area is 184 Å². The average Bonchev–Trinajstić information content (AvgIpc) is 2.78. The summed E-state index contributed by atoms with van der Waals surface area (Å²) in [6.07, 6.45) is 0.727. The Morgan fingerprint density at radius 1 is 0.968 bits per heavy atom. The summed E-state index contributed by atoms with van der Waals surface area (Å²) in [5.74, 6) is -0.300. The monoisotopic (exact) mass is 436 g/mol. The summed E-state index contributed by atoms with van der Waals surface area (Å²) >= 11 is 0. The maximum absolute atomic E-state index is 13.1. The van der Waals surface area contributed by atoms with Crippen LogP contribution in [-0.2, 0) is 10.0 Å². The fourth-order valence-corrected chi connectivity index (χ4v) is 4.83. The molecule has 0 aliphatic carbocycles. The fraction of sp³-hybridized carbons (Fsp3) is 0.240. The number of nitrogens with one attached hydrogen (secondary N) is 1. The predicted molar refractivity (Wildman–Crippen MR) is 125 cm³/mol. The fourth-order valence-electron chi connectivity index (χ4n) is 3.59. The van der Waals surface area contributed by atoms with Crippen LogP contribution in [0, 0.1) is 13.8 Å². The zero-order valence-corrected chi connectivity index (χ0v) is 19.1. The highest BCUT2D eigenvalue weighted by atomic mass is 32.2.